The Morgan fingerprint density at radius 2 is 1.75 bits per heavy atom. The molecule has 0 aliphatic carbocycles. The number of rotatable bonds is 6. The summed E-state index contributed by atoms with van der Waals surface area (Å²) < 4.78 is 0. The summed E-state index contributed by atoms with van der Waals surface area (Å²) in [7, 11) is 0. The van der Waals surface area contributed by atoms with Crippen LogP contribution in [0.4, 0.5) is 0 Å². The first-order valence-corrected chi connectivity index (χ1v) is 6.61. The Kier molecular flexibility index (Phi) is 4.71. The Balaban J connectivity index is 1.86. The average Bonchev–Trinajstić information content (AvgIpc) is 2.44. The SMILES string of the molecule is O=C(O)CCNC(=O)CCc1ccc2ccccc2c1. The number of carboxylic acid groups (broad SMARTS) is 1. The molecule has 0 radical (unpaired) electrons. The zero-order valence-electron chi connectivity index (χ0n) is 11.1. The molecule has 4 nitrogen and oxygen atoms in total. The Labute approximate surface area is 117 Å². The number of hydrogen-bond acceptors (Lipinski definition) is 2. The van der Waals surface area contributed by atoms with E-state index < -0.39 is 5.97 Å². The van der Waals surface area contributed by atoms with Crippen LogP contribution in [-0.4, -0.2) is 23.5 Å². The van der Waals surface area contributed by atoms with Crippen molar-refractivity contribution in [1.82, 2.24) is 5.32 Å². The minimum atomic E-state index is -0.903. The van der Waals surface area contributed by atoms with E-state index in [1.807, 2.05) is 30.3 Å². The monoisotopic (exact) mass is 271 g/mol. The first-order chi connectivity index (χ1) is 9.65. The van der Waals surface area contributed by atoms with Crippen LogP contribution in [0.1, 0.15) is 18.4 Å². The second-order valence-electron chi connectivity index (χ2n) is 4.68. The molecule has 0 saturated heterocycles. The van der Waals surface area contributed by atoms with Gasteiger partial charge < -0.3 is 10.4 Å². The van der Waals surface area contributed by atoms with E-state index in [9.17, 15) is 9.59 Å². The van der Waals surface area contributed by atoms with Crippen molar-refractivity contribution in [1.29, 1.82) is 0 Å². The highest BCUT2D eigenvalue weighted by Crippen LogP contribution is 2.16. The van der Waals surface area contributed by atoms with E-state index in [1.54, 1.807) is 0 Å². The first kappa shape index (κ1) is 14.1. The molecule has 0 aliphatic heterocycles. The number of fused-ring (bicyclic) bond motifs is 1. The molecule has 2 rings (SSSR count). The lowest BCUT2D eigenvalue weighted by Crippen LogP contribution is -2.26. The van der Waals surface area contributed by atoms with Crippen LogP contribution in [0.25, 0.3) is 10.8 Å². The van der Waals surface area contributed by atoms with Crippen molar-refractivity contribution in [3.63, 3.8) is 0 Å². The zero-order valence-corrected chi connectivity index (χ0v) is 11.1. The summed E-state index contributed by atoms with van der Waals surface area (Å²) in [6, 6.07) is 14.2. The summed E-state index contributed by atoms with van der Waals surface area (Å²) in [4.78, 5) is 21.9. The molecule has 4 heteroatoms. The molecule has 2 aromatic rings. The molecule has 1 amide bonds. The summed E-state index contributed by atoms with van der Waals surface area (Å²) in [6.07, 6.45) is 0.989. The van der Waals surface area contributed by atoms with Crippen molar-refractivity contribution in [3.05, 3.63) is 48.0 Å². The number of aryl methyl sites for hydroxylation is 1. The molecule has 104 valence electrons. The number of hydrogen-bond donors (Lipinski definition) is 2. The third-order valence-corrected chi connectivity index (χ3v) is 3.12. The minimum absolute atomic E-state index is 0.0400. The van der Waals surface area contributed by atoms with Gasteiger partial charge >= 0.3 is 5.97 Å². The highest BCUT2D eigenvalue weighted by molar-refractivity contribution is 5.83. The Hall–Kier alpha value is -2.36. The molecule has 0 bridgehead atoms. The van der Waals surface area contributed by atoms with Crippen LogP contribution in [0.15, 0.2) is 42.5 Å². The van der Waals surface area contributed by atoms with Gasteiger partial charge in [0.15, 0.2) is 0 Å². The predicted molar refractivity (Wildman–Crippen MR) is 77.5 cm³/mol. The molecule has 2 aromatic carbocycles. The Bertz CT molecular complexity index is 622. The van der Waals surface area contributed by atoms with Gasteiger partial charge in [-0.15, -0.1) is 0 Å². The quantitative estimate of drug-likeness (QED) is 0.847. The largest absolute Gasteiger partial charge is 0.481 e. The van der Waals surface area contributed by atoms with E-state index in [0.717, 1.165) is 10.9 Å². The third kappa shape index (κ3) is 4.09. The van der Waals surface area contributed by atoms with E-state index in [1.165, 1.54) is 5.39 Å². The molecular formula is C16H17NO3. The lowest BCUT2D eigenvalue weighted by Gasteiger charge is -2.05. The van der Waals surface area contributed by atoms with Gasteiger partial charge in [0, 0.05) is 13.0 Å². The maximum atomic E-state index is 11.6. The fourth-order valence-corrected chi connectivity index (χ4v) is 2.05. The molecule has 0 heterocycles. The topological polar surface area (TPSA) is 66.4 Å². The predicted octanol–water partition coefficient (Wildman–Crippen LogP) is 2.36. The van der Waals surface area contributed by atoms with Crippen LogP contribution in [0, 0.1) is 0 Å². The molecule has 0 saturated carbocycles. The molecule has 2 N–H and O–H groups in total. The van der Waals surface area contributed by atoms with Crippen molar-refractivity contribution in [2.24, 2.45) is 0 Å². The van der Waals surface area contributed by atoms with Crippen molar-refractivity contribution in [2.75, 3.05) is 6.54 Å². The van der Waals surface area contributed by atoms with Gasteiger partial charge in [-0.25, -0.2) is 0 Å². The van der Waals surface area contributed by atoms with Gasteiger partial charge in [-0.3, -0.25) is 9.59 Å². The molecule has 0 aliphatic rings. The molecule has 20 heavy (non-hydrogen) atoms. The van der Waals surface area contributed by atoms with Gasteiger partial charge in [-0.2, -0.15) is 0 Å². The number of nitrogens with one attached hydrogen (secondary N) is 1. The Morgan fingerprint density at radius 1 is 1.00 bits per heavy atom. The zero-order chi connectivity index (χ0) is 14.4. The summed E-state index contributed by atoms with van der Waals surface area (Å²) >= 11 is 0. The summed E-state index contributed by atoms with van der Waals surface area (Å²) in [6.45, 7) is 0.186. The number of carbonyl (C=O) groups excluding carboxylic acids is 1. The molecule has 0 aromatic heterocycles. The van der Waals surface area contributed by atoms with Crippen LogP contribution in [-0.2, 0) is 16.0 Å². The fourth-order valence-electron chi connectivity index (χ4n) is 2.05. The summed E-state index contributed by atoms with van der Waals surface area (Å²) in [5.41, 5.74) is 1.11. The highest BCUT2D eigenvalue weighted by atomic mass is 16.4. The van der Waals surface area contributed by atoms with E-state index in [0.29, 0.717) is 12.8 Å². The lowest BCUT2D eigenvalue weighted by molar-refractivity contribution is -0.136. The first-order valence-electron chi connectivity index (χ1n) is 6.61. The second-order valence-corrected chi connectivity index (χ2v) is 4.68. The molecule has 0 unspecified atom stereocenters. The standard InChI is InChI=1S/C16H17NO3/c18-15(17-10-9-16(19)20)8-6-12-5-7-13-3-1-2-4-14(13)11-12/h1-5,7,11H,6,8-10H2,(H,17,18)(H,19,20). The number of amides is 1. The van der Waals surface area contributed by atoms with Gasteiger partial charge in [0.1, 0.15) is 0 Å². The van der Waals surface area contributed by atoms with Gasteiger partial charge in [0.2, 0.25) is 5.91 Å². The van der Waals surface area contributed by atoms with Gasteiger partial charge in [-0.1, -0.05) is 42.5 Å². The van der Waals surface area contributed by atoms with E-state index in [2.05, 4.69) is 17.4 Å². The average molecular weight is 271 g/mol. The van der Waals surface area contributed by atoms with Gasteiger partial charge in [0.05, 0.1) is 6.42 Å². The maximum Gasteiger partial charge on any atom is 0.305 e. The van der Waals surface area contributed by atoms with Crippen molar-refractivity contribution in [2.45, 2.75) is 19.3 Å². The van der Waals surface area contributed by atoms with Crippen LogP contribution < -0.4 is 5.32 Å². The van der Waals surface area contributed by atoms with Crippen molar-refractivity contribution >= 4 is 22.6 Å². The van der Waals surface area contributed by atoms with Crippen LogP contribution in [0.3, 0.4) is 0 Å². The summed E-state index contributed by atoms with van der Waals surface area (Å²) in [5.74, 6) is -1.01. The molecule has 0 fully saturated rings. The smallest absolute Gasteiger partial charge is 0.305 e. The minimum Gasteiger partial charge on any atom is -0.481 e. The highest BCUT2D eigenvalue weighted by Gasteiger charge is 2.04. The normalized spacial score (nSPS) is 10.4. The molecule has 0 atom stereocenters. The van der Waals surface area contributed by atoms with Crippen molar-refractivity contribution < 1.29 is 14.7 Å². The van der Waals surface area contributed by atoms with Crippen LogP contribution >= 0.6 is 0 Å². The van der Waals surface area contributed by atoms with Crippen LogP contribution in [0.2, 0.25) is 0 Å². The van der Waals surface area contributed by atoms with E-state index >= 15 is 0 Å². The number of carboxylic acids is 1. The van der Waals surface area contributed by atoms with E-state index in [-0.39, 0.29) is 18.9 Å². The lowest BCUT2D eigenvalue weighted by atomic mass is 10.0. The molecular weight excluding hydrogens is 254 g/mol. The fraction of sp³-hybridized carbons (Fsp3) is 0.250. The Morgan fingerprint density at radius 3 is 2.50 bits per heavy atom. The third-order valence-electron chi connectivity index (χ3n) is 3.12. The van der Waals surface area contributed by atoms with Gasteiger partial charge in [-0.05, 0) is 22.8 Å². The maximum absolute atomic E-state index is 11.6. The summed E-state index contributed by atoms with van der Waals surface area (Å²) in [5, 5.41) is 13.4. The second kappa shape index (κ2) is 6.70. The van der Waals surface area contributed by atoms with E-state index in [4.69, 9.17) is 5.11 Å². The molecule has 0 spiro atoms. The van der Waals surface area contributed by atoms with Crippen LogP contribution in [0.5, 0.6) is 0 Å². The van der Waals surface area contributed by atoms with Gasteiger partial charge in [0.25, 0.3) is 0 Å². The van der Waals surface area contributed by atoms with Crippen molar-refractivity contribution in [3.8, 4) is 0 Å². The number of carbonyl (C=O) groups is 2. The number of aliphatic carboxylic acids is 1. The number of benzene rings is 2.